The summed E-state index contributed by atoms with van der Waals surface area (Å²) < 4.78 is 10.3. The molecule has 0 aliphatic carbocycles. The Morgan fingerprint density at radius 1 is 1.09 bits per heavy atom. The Kier molecular flexibility index (Phi) is 7.89. The molecule has 0 aromatic carbocycles. The maximum atomic E-state index is 8.82. The van der Waals surface area contributed by atoms with Gasteiger partial charge in [-0.2, -0.15) is 0 Å². The third-order valence-electron chi connectivity index (χ3n) is 1.37. The molecule has 11 heavy (non-hydrogen) atoms. The highest BCUT2D eigenvalue weighted by Crippen LogP contribution is 1.96. The SMILES string of the molecule is CCOCC(CO)COCC. The van der Waals surface area contributed by atoms with Crippen LogP contribution in [0.3, 0.4) is 0 Å². The molecule has 0 aromatic rings. The lowest BCUT2D eigenvalue weighted by atomic mass is 10.2. The molecule has 0 aliphatic heterocycles. The van der Waals surface area contributed by atoms with Crippen LogP contribution in [0.2, 0.25) is 0 Å². The lowest BCUT2D eigenvalue weighted by Crippen LogP contribution is -2.19. The maximum Gasteiger partial charge on any atom is 0.0538 e. The van der Waals surface area contributed by atoms with Crippen molar-refractivity contribution in [2.45, 2.75) is 13.8 Å². The van der Waals surface area contributed by atoms with E-state index in [0.29, 0.717) is 26.4 Å². The Balaban J connectivity index is 3.25. The zero-order valence-electron chi connectivity index (χ0n) is 7.38. The van der Waals surface area contributed by atoms with Crippen LogP contribution >= 0.6 is 0 Å². The number of hydrogen-bond acceptors (Lipinski definition) is 3. The van der Waals surface area contributed by atoms with E-state index in [9.17, 15) is 0 Å². The van der Waals surface area contributed by atoms with E-state index < -0.39 is 0 Å². The molecule has 0 bridgehead atoms. The molecule has 0 aliphatic rings. The van der Waals surface area contributed by atoms with E-state index in [1.807, 2.05) is 13.8 Å². The van der Waals surface area contributed by atoms with E-state index in [1.54, 1.807) is 0 Å². The summed E-state index contributed by atoms with van der Waals surface area (Å²) >= 11 is 0. The Bertz CT molecular complexity index is 67.7. The minimum absolute atomic E-state index is 0.134. The normalized spacial score (nSPS) is 10.9. The molecule has 1 N–H and O–H groups in total. The molecule has 0 atom stereocenters. The standard InChI is InChI=1S/C8H18O3/c1-3-10-6-8(5-9)7-11-4-2/h8-9H,3-7H2,1-2H3. The van der Waals surface area contributed by atoms with Gasteiger partial charge in [-0.3, -0.25) is 0 Å². The van der Waals surface area contributed by atoms with Crippen molar-refractivity contribution in [3.05, 3.63) is 0 Å². The highest BCUT2D eigenvalue weighted by Gasteiger charge is 2.06. The first-order valence-corrected chi connectivity index (χ1v) is 4.11. The van der Waals surface area contributed by atoms with Gasteiger partial charge in [0, 0.05) is 19.1 Å². The van der Waals surface area contributed by atoms with E-state index in [0.717, 1.165) is 0 Å². The fourth-order valence-corrected chi connectivity index (χ4v) is 0.723. The van der Waals surface area contributed by atoms with E-state index in [-0.39, 0.29) is 12.5 Å². The summed E-state index contributed by atoms with van der Waals surface area (Å²) in [5, 5.41) is 8.82. The fraction of sp³-hybridized carbons (Fsp3) is 1.00. The minimum Gasteiger partial charge on any atom is -0.396 e. The number of aliphatic hydroxyl groups excluding tert-OH is 1. The zero-order valence-corrected chi connectivity index (χ0v) is 7.38. The summed E-state index contributed by atoms with van der Waals surface area (Å²) in [6, 6.07) is 0. The van der Waals surface area contributed by atoms with Gasteiger partial charge in [0.15, 0.2) is 0 Å². The second-order valence-electron chi connectivity index (χ2n) is 2.37. The first-order valence-electron chi connectivity index (χ1n) is 4.11. The van der Waals surface area contributed by atoms with Gasteiger partial charge in [0.25, 0.3) is 0 Å². The molecule has 3 nitrogen and oxygen atoms in total. The van der Waals surface area contributed by atoms with Crippen molar-refractivity contribution < 1.29 is 14.6 Å². The highest BCUT2D eigenvalue weighted by molar-refractivity contribution is 4.53. The van der Waals surface area contributed by atoms with Crippen molar-refractivity contribution in [2.24, 2.45) is 5.92 Å². The molecular weight excluding hydrogens is 144 g/mol. The second-order valence-corrected chi connectivity index (χ2v) is 2.37. The van der Waals surface area contributed by atoms with Gasteiger partial charge >= 0.3 is 0 Å². The predicted octanol–water partition coefficient (Wildman–Crippen LogP) is 0.668. The van der Waals surface area contributed by atoms with Gasteiger partial charge < -0.3 is 14.6 Å². The molecule has 0 saturated carbocycles. The van der Waals surface area contributed by atoms with Crippen LogP contribution in [-0.4, -0.2) is 38.1 Å². The van der Waals surface area contributed by atoms with Crippen LogP contribution in [0.1, 0.15) is 13.8 Å². The smallest absolute Gasteiger partial charge is 0.0538 e. The maximum absolute atomic E-state index is 8.82. The van der Waals surface area contributed by atoms with Gasteiger partial charge in [0.05, 0.1) is 19.8 Å². The minimum atomic E-state index is 0.134. The molecule has 68 valence electrons. The van der Waals surface area contributed by atoms with Crippen molar-refractivity contribution >= 4 is 0 Å². The Hall–Kier alpha value is -0.120. The lowest BCUT2D eigenvalue weighted by molar-refractivity contribution is 0.0232. The number of aliphatic hydroxyl groups is 1. The van der Waals surface area contributed by atoms with Crippen molar-refractivity contribution in [3.8, 4) is 0 Å². The van der Waals surface area contributed by atoms with Crippen molar-refractivity contribution in [2.75, 3.05) is 33.0 Å². The molecular formula is C8H18O3. The number of ether oxygens (including phenoxy) is 2. The van der Waals surface area contributed by atoms with Gasteiger partial charge in [0.2, 0.25) is 0 Å². The lowest BCUT2D eigenvalue weighted by Gasteiger charge is -2.12. The van der Waals surface area contributed by atoms with E-state index in [1.165, 1.54) is 0 Å². The zero-order chi connectivity index (χ0) is 8.53. The molecule has 3 heteroatoms. The van der Waals surface area contributed by atoms with Gasteiger partial charge in [-0.25, -0.2) is 0 Å². The van der Waals surface area contributed by atoms with E-state index in [4.69, 9.17) is 14.6 Å². The number of rotatable bonds is 7. The van der Waals surface area contributed by atoms with E-state index in [2.05, 4.69) is 0 Å². The van der Waals surface area contributed by atoms with Crippen molar-refractivity contribution in [3.63, 3.8) is 0 Å². The monoisotopic (exact) mass is 162 g/mol. The van der Waals surface area contributed by atoms with Crippen LogP contribution in [0.4, 0.5) is 0 Å². The van der Waals surface area contributed by atoms with Crippen LogP contribution in [0, 0.1) is 5.92 Å². The quantitative estimate of drug-likeness (QED) is 0.598. The van der Waals surface area contributed by atoms with Crippen LogP contribution in [0.15, 0.2) is 0 Å². The molecule has 0 aromatic heterocycles. The summed E-state index contributed by atoms with van der Waals surface area (Å²) in [7, 11) is 0. The molecule has 0 saturated heterocycles. The van der Waals surface area contributed by atoms with Crippen LogP contribution in [0.25, 0.3) is 0 Å². The van der Waals surface area contributed by atoms with Crippen LogP contribution < -0.4 is 0 Å². The summed E-state index contributed by atoms with van der Waals surface area (Å²) in [6.45, 7) is 6.59. The van der Waals surface area contributed by atoms with Gasteiger partial charge in [-0.1, -0.05) is 0 Å². The van der Waals surface area contributed by atoms with Crippen LogP contribution in [0.5, 0.6) is 0 Å². The summed E-state index contributed by atoms with van der Waals surface area (Å²) in [6.07, 6.45) is 0. The van der Waals surface area contributed by atoms with E-state index >= 15 is 0 Å². The second kappa shape index (κ2) is 7.98. The van der Waals surface area contributed by atoms with Gasteiger partial charge in [-0.15, -0.1) is 0 Å². The summed E-state index contributed by atoms with van der Waals surface area (Å²) in [4.78, 5) is 0. The topological polar surface area (TPSA) is 38.7 Å². The molecule has 0 unspecified atom stereocenters. The number of hydrogen-bond donors (Lipinski definition) is 1. The third-order valence-corrected chi connectivity index (χ3v) is 1.37. The first kappa shape index (κ1) is 10.9. The molecule has 0 radical (unpaired) electrons. The molecule has 0 amide bonds. The Morgan fingerprint density at radius 2 is 1.55 bits per heavy atom. The summed E-state index contributed by atoms with van der Waals surface area (Å²) in [5.74, 6) is 0.134. The van der Waals surface area contributed by atoms with Crippen molar-refractivity contribution in [1.29, 1.82) is 0 Å². The molecule has 0 rings (SSSR count). The van der Waals surface area contributed by atoms with Crippen LogP contribution in [-0.2, 0) is 9.47 Å². The average molecular weight is 162 g/mol. The third kappa shape index (κ3) is 6.28. The first-order chi connectivity index (χ1) is 5.35. The fourth-order valence-electron chi connectivity index (χ4n) is 0.723. The van der Waals surface area contributed by atoms with Gasteiger partial charge in [-0.05, 0) is 13.8 Å². The predicted molar refractivity (Wildman–Crippen MR) is 43.6 cm³/mol. The van der Waals surface area contributed by atoms with Gasteiger partial charge in [0.1, 0.15) is 0 Å². The molecule has 0 spiro atoms. The average Bonchev–Trinajstić information content (AvgIpc) is 2.05. The molecule has 0 heterocycles. The Labute approximate surface area is 68.3 Å². The summed E-state index contributed by atoms with van der Waals surface area (Å²) in [5.41, 5.74) is 0. The molecule has 0 fully saturated rings. The highest BCUT2D eigenvalue weighted by atomic mass is 16.5. The largest absolute Gasteiger partial charge is 0.396 e. The Morgan fingerprint density at radius 3 is 1.82 bits per heavy atom. The van der Waals surface area contributed by atoms with Crippen molar-refractivity contribution in [1.82, 2.24) is 0 Å².